The van der Waals surface area contributed by atoms with Crippen molar-refractivity contribution in [1.82, 2.24) is 29.7 Å². The van der Waals surface area contributed by atoms with Gasteiger partial charge in [0.25, 0.3) is 5.91 Å². The normalized spacial score (nSPS) is 12.2. The largest absolute Gasteiger partial charge is 0.461 e. The van der Waals surface area contributed by atoms with Gasteiger partial charge in [-0.2, -0.15) is 5.10 Å². The van der Waals surface area contributed by atoms with Crippen LogP contribution in [0.25, 0.3) is 16.7 Å². The molecule has 170 valence electrons. The summed E-state index contributed by atoms with van der Waals surface area (Å²) in [6.45, 7) is 7.63. The predicted molar refractivity (Wildman–Crippen MR) is 122 cm³/mol. The van der Waals surface area contributed by atoms with E-state index in [2.05, 4.69) is 30.4 Å². The van der Waals surface area contributed by atoms with Crippen LogP contribution in [0.15, 0.2) is 49.2 Å². The van der Waals surface area contributed by atoms with Crippen molar-refractivity contribution >= 4 is 22.8 Å². The van der Waals surface area contributed by atoms with Crippen molar-refractivity contribution in [3.63, 3.8) is 0 Å². The molecular formula is C23H25N7O3. The SMILES string of the molecule is Cc1ccc(NC(=O)C(COC(C)C)Oc2ncnc3c2cnn3-c2cccnc2C)nc1. The highest BCUT2D eigenvalue weighted by atomic mass is 16.5. The Kier molecular flexibility index (Phi) is 6.55. The van der Waals surface area contributed by atoms with Crippen molar-refractivity contribution in [2.75, 3.05) is 11.9 Å². The topological polar surface area (TPSA) is 117 Å². The smallest absolute Gasteiger partial charge is 0.269 e. The third-order valence-electron chi connectivity index (χ3n) is 4.83. The number of carbonyl (C=O) groups excluding carboxylic acids is 1. The number of pyridine rings is 2. The average molecular weight is 447 g/mol. The number of aryl methyl sites for hydroxylation is 2. The highest BCUT2D eigenvalue weighted by molar-refractivity contribution is 5.94. The third kappa shape index (κ3) is 5.12. The predicted octanol–water partition coefficient (Wildman–Crippen LogP) is 3.03. The van der Waals surface area contributed by atoms with E-state index in [1.165, 1.54) is 6.33 Å². The van der Waals surface area contributed by atoms with Gasteiger partial charge in [0.15, 0.2) is 5.65 Å². The molecule has 0 spiro atoms. The lowest BCUT2D eigenvalue weighted by Gasteiger charge is -2.19. The molecule has 0 saturated carbocycles. The molecule has 0 bridgehead atoms. The minimum Gasteiger partial charge on any atom is -0.461 e. The number of rotatable bonds is 8. The standard InChI is InChI=1S/C23H25N7O3/c1-14(2)32-12-19(22(31)29-20-8-7-15(3)10-25-20)33-23-17-11-28-30(21(17)26-13-27-23)18-6-5-9-24-16(18)4/h5-11,13-14,19H,12H2,1-4H3,(H,25,29,31). The molecule has 1 unspecified atom stereocenters. The summed E-state index contributed by atoms with van der Waals surface area (Å²) in [5.41, 5.74) is 3.13. The monoisotopic (exact) mass is 447 g/mol. The molecule has 1 atom stereocenters. The van der Waals surface area contributed by atoms with Gasteiger partial charge in [-0.15, -0.1) is 0 Å². The van der Waals surface area contributed by atoms with E-state index in [0.717, 1.165) is 16.9 Å². The summed E-state index contributed by atoms with van der Waals surface area (Å²) in [5.74, 6) is 0.267. The van der Waals surface area contributed by atoms with Gasteiger partial charge in [0.05, 0.1) is 30.3 Å². The van der Waals surface area contributed by atoms with Crippen molar-refractivity contribution < 1.29 is 14.3 Å². The average Bonchev–Trinajstić information content (AvgIpc) is 3.23. The van der Waals surface area contributed by atoms with Crippen LogP contribution in [-0.4, -0.2) is 54.4 Å². The highest BCUT2D eigenvalue weighted by Crippen LogP contribution is 2.25. The van der Waals surface area contributed by atoms with Crippen LogP contribution in [0.1, 0.15) is 25.1 Å². The van der Waals surface area contributed by atoms with Gasteiger partial charge in [-0.05, 0) is 51.5 Å². The summed E-state index contributed by atoms with van der Waals surface area (Å²) in [4.78, 5) is 30.1. The zero-order valence-corrected chi connectivity index (χ0v) is 18.9. The van der Waals surface area contributed by atoms with Crippen LogP contribution in [0, 0.1) is 13.8 Å². The number of anilines is 1. The van der Waals surface area contributed by atoms with E-state index in [0.29, 0.717) is 16.9 Å². The number of amides is 1. The van der Waals surface area contributed by atoms with E-state index < -0.39 is 12.0 Å². The second-order valence-corrected chi connectivity index (χ2v) is 7.78. The molecule has 1 N–H and O–H groups in total. The summed E-state index contributed by atoms with van der Waals surface area (Å²) in [7, 11) is 0. The quantitative estimate of drug-likeness (QED) is 0.438. The first-order valence-electron chi connectivity index (χ1n) is 10.5. The Morgan fingerprint density at radius 1 is 1.09 bits per heavy atom. The zero-order chi connectivity index (χ0) is 23.4. The molecule has 33 heavy (non-hydrogen) atoms. The lowest BCUT2D eigenvalue weighted by atomic mass is 10.3. The van der Waals surface area contributed by atoms with E-state index in [9.17, 15) is 4.79 Å². The first-order chi connectivity index (χ1) is 15.9. The number of aromatic nitrogens is 6. The number of hydrogen-bond acceptors (Lipinski definition) is 8. The lowest BCUT2D eigenvalue weighted by molar-refractivity contribution is -0.126. The van der Waals surface area contributed by atoms with Crippen LogP contribution in [0.2, 0.25) is 0 Å². The summed E-state index contributed by atoms with van der Waals surface area (Å²) in [5, 5.41) is 7.78. The molecule has 10 nitrogen and oxygen atoms in total. The van der Waals surface area contributed by atoms with E-state index in [1.807, 2.05) is 45.9 Å². The molecule has 0 aliphatic rings. The Morgan fingerprint density at radius 3 is 2.67 bits per heavy atom. The third-order valence-corrected chi connectivity index (χ3v) is 4.83. The first kappa shape index (κ1) is 22.3. The molecule has 0 aromatic carbocycles. The molecule has 1 amide bonds. The van der Waals surface area contributed by atoms with Crippen molar-refractivity contribution in [1.29, 1.82) is 0 Å². The highest BCUT2D eigenvalue weighted by Gasteiger charge is 2.25. The minimum atomic E-state index is -0.961. The van der Waals surface area contributed by atoms with Crippen LogP contribution in [0.4, 0.5) is 5.82 Å². The van der Waals surface area contributed by atoms with E-state index in [4.69, 9.17) is 9.47 Å². The molecule has 0 aliphatic heterocycles. The summed E-state index contributed by atoms with van der Waals surface area (Å²) < 4.78 is 13.4. The number of carbonyl (C=O) groups is 1. The van der Waals surface area contributed by atoms with Crippen LogP contribution < -0.4 is 10.1 Å². The number of fused-ring (bicyclic) bond motifs is 1. The van der Waals surface area contributed by atoms with Crippen molar-refractivity contribution in [2.45, 2.75) is 39.9 Å². The van der Waals surface area contributed by atoms with E-state index >= 15 is 0 Å². The van der Waals surface area contributed by atoms with Crippen LogP contribution >= 0.6 is 0 Å². The Labute approximate surface area is 191 Å². The summed E-state index contributed by atoms with van der Waals surface area (Å²) >= 11 is 0. The van der Waals surface area contributed by atoms with Gasteiger partial charge < -0.3 is 14.8 Å². The lowest BCUT2D eigenvalue weighted by Crippen LogP contribution is -2.38. The van der Waals surface area contributed by atoms with E-state index in [-0.39, 0.29) is 18.6 Å². The molecule has 0 aliphatic carbocycles. The molecule has 4 aromatic heterocycles. The Hall–Kier alpha value is -3.92. The van der Waals surface area contributed by atoms with Crippen LogP contribution in [0.5, 0.6) is 5.88 Å². The number of nitrogens with zero attached hydrogens (tertiary/aromatic N) is 6. The second-order valence-electron chi connectivity index (χ2n) is 7.78. The number of ether oxygens (including phenoxy) is 2. The Bertz CT molecular complexity index is 1250. The van der Waals surface area contributed by atoms with Gasteiger partial charge in [-0.1, -0.05) is 6.07 Å². The van der Waals surface area contributed by atoms with Crippen molar-refractivity contribution in [3.05, 3.63) is 60.4 Å². The van der Waals surface area contributed by atoms with Crippen molar-refractivity contribution in [3.8, 4) is 11.6 Å². The Morgan fingerprint density at radius 2 is 1.94 bits per heavy atom. The van der Waals surface area contributed by atoms with Gasteiger partial charge >= 0.3 is 0 Å². The fourth-order valence-corrected chi connectivity index (χ4v) is 3.12. The fourth-order valence-electron chi connectivity index (χ4n) is 3.12. The van der Waals surface area contributed by atoms with Gasteiger partial charge in [-0.3, -0.25) is 9.78 Å². The van der Waals surface area contributed by atoms with Crippen LogP contribution in [-0.2, 0) is 9.53 Å². The van der Waals surface area contributed by atoms with Crippen molar-refractivity contribution in [2.24, 2.45) is 0 Å². The van der Waals surface area contributed by atoms with Gasteiger partial charge in [0, 0.05) is 12.4 Å². The molecule has 0 fully saturated rings. The first-order valence-corrected chi connectivity index (χ1v) is 10.5. The van der Waals surface area contributed by atoms with Gasteiger partial charge in [-0.25, -0.2) is 19.6 Å². The maximum absolute atomic E-state index is 13.0. The van der Waals surface area contributed by atoms with Gasteiger partial charge in [0.2, 0.25) is 12.0 Å². The molecule has 4 rings (SSSR count). The Balaban J connectivity index is 1.62. The summed E-state index contributed by atoms with van der Waals surface area (Å²) in [6.07, 6.45) is 5.34. The molecule has 4 aromatic rings. The van der Waals surface area contributed by atoms with Gasteiger partial charge in [0.1, 0.15) is 17.5 Å². The second kappa shape index (κ2) is 9.70. The number of hydrogen-bond donors (Lipinski definition) is 1. The molecule has 10 heteroatoms. The maximum atomic E-state index is 13.0. The van der Waals surface area contributed by atoms with E-state index in [1.54, 1.807) is 29.3 Å². The molecule has 4 heterocycles. The van der Waals surface area contributed by atoms with Crippen LogP contribution in [0.3, 0.4) is 0 Å². The minimum absolute atomic E-state index is 0.0384. The number of nitrogens with one attached hydrogen (secondary N) is 1. The molecular weight excluding hydrogens is 422 g/mol. The fraction of sp³-hybridized carbons (Fsp3) is 0.304. The molecule has 0 radical (unpaired) electrons. The molecule has 0 saturated heterocycles. The maximum Gasteiger partial charge on any atom is 0.269 e. The zero-order valence-electron chi connectivity index (χ0n) is 18.9. The summed E-state index contributed by atoms with van der Waals surface area (Å²) in [6, 6.07) is 7.33.